The number of ketones is 1. The Bertz CT molecular complexity index is 451. The Balaban J connectivity index is 2.65. The van der Waals surface area contributed by atoms with Crippen molar-refractivity contribution < 1.29 is 15.0 Å². The normalized spacial score (nSPS) is 11.5. The maximum absolute atomic E-state index is 11.9. The molecule has 19 heavy (non-hydrogen) atoms. The molecule has 3 heteroatoms. The third kappa shape index (κ3) is 5.25. The second kappa shape index (κ2) is 8.47. The minimum Gasteiger partial charge on any atom is -0.395 e. The summed E-state index contributed by atoms with van der Waals surface area (Å²) in [6.07, 6.45) is 1.84. The molecule has 0 spiro atoms. The van der Waals surface area contributed by atoms with Crippen LogP contribution in [0.1, 0.15) is 48.5 Å². The lowest BCUT2D eigenvalue weighted by Crippen LogP contribution is -2.20. The van der Waals surface area contributed by atoms with Crippen molar-refractivity contribution in [2.24, 2.45) is 0 Å². The van der Waals surface area contributed by atoms with Gasteiger partial charge >= 0.3 is 0 Å². The van der Waals surface area contributed by atoms with Gasteiger partial charge in [-0.15, -0.1) is 0 Å². The Morgan fingerprint density at radius 2 is 2.00 bits per heavy atom. The summed E-state index contributed by atoms with van der Waals surface area (Å²) in [5, 5.41) is 18.4. The maximum atomic E-state index is 11.9. The zero-order chi connectivity index (χ0) is 14.1. The first-order valence-electron chi connectivity index (χ1n) is 6.61. The summed E-state index contributed by atoms with van der Waals surface area (Å²) in [5.74, 6) is 5.47. The van der Waals surface area contributed by atoms with Gasteiger partial charge in [0.05, 0.1) is 6.61 Å². The molecule has 1 aromatic carbocycles. The van der Waals surface area contributed by atoms with Crippen LogP contribution in [0.3, 0.4) is 0 Å². The van der Waals surface area contributed by atoms with E-state index in [1.54, 1.807) is 24.3 Å². The molecule has 0 amide bonds. The number of rotatable bonds is 6. The van der Waals surface area contributed by atoms with E-state index in [0.29, 0.717) is 18.4 Å². The standard InChI is InChI=1S/C16H20O3/c1-2-3-7-15(18)16(19)14-10-8-13(9-11-14)6-4-5-12-17/h8-11,15,17-18H,2-3,5,7,12H2,1H3. The van der Waals surface area contributed by atoms with Gasteiger partial charge in [0.1, 0.15) is 6.10 Å². The molecule has 1 rings (SSSR count). The number of aliphatic hydroxyl groups is 2. The monoisotopic (exact) mass is 260 g/mol. The first-order chi connectivity index (χ1) is 9.19. The van der Waals surface area contributed by atoms with E-state index in [1.807, 2.05) is 6.92 Å². The van der Waals surface area contributed by atoms with Gasteiger partial charge in [0.15, 0.2) is 5.78 Å². The van der Waals surface area contributed by atoms with E-state index in [2.05, 4.69) is 11.8 Å². The highest BCUT2D eigenvalue weighted by Crippen LogP contribution is 2.10. The molecular weight excluding hydrogens is 240 g/mol. The highest BCUT2D eigenvalue weighted by molar-refractivity contribution is 5.99. The van der Waals surface area contributed by atoms with Crippen molar-refractivity contribution in [3.63, 3.8) is 0 Å². The van der Waals surface area contributed by atoms with Gasteiger partial charge in [-0.2, -0.15) is 0 Å². The van der Waals surface area contributed by atoms with Crippen LogP contribution in [0.25, 0.3) is 0 Å². The average molecular weight is 260 g/mol. The Morgan fingerprint density at radius 1 is 1.32 bits per heavy atom. The van der Waals surface area contributed by atoms with Crippen LogP contribution in [-0.2, 0) is 0 Å². The van der Waals surface area contributed by atoms with Gasteiger partial charge in [0.2, 0.25) is 0 Å². The van der Waals surface area contributed by atoms with E-state index < -0.39 is 6.10 Å². The predicted molar refractivity (Wildman–Crippen MR) is 74.9 cm³/mol. The number of hydrogen-bond acceptors (Lipinski definition) is 3. The van der Waals surface area contributed by atoms with Gasteiger partial charge in [-0.25, -0.2) is 0 Å². The van der Waals surface area contributed by atoms with Crippen molar-refractivity contribution in [3.05, 3.63) is 35.4 Å². The minimum absolute atomic E-state index is 0.0488. The summed E-state index contributed by atoms with van der Waals surface area (Å²) in [6, 6.07) is 6.87. The fraction of sp³-hybridized carbons (Fsp3) is 0.438. The van der Waals surface area contributed by atoms with E-state index in [1.165, 1.54) is 0 Å². The number of carbonyl (C=O) groups excluding carboxylic acids is 1. The predicted octanol–water partition coefficient (Wildman–Crippen LogP) is 2.15. The average Bonchev–Trinajstić information content (AvgIpc) is 2.45. The van der Waals surface area contributed by atoms with Crippen LogP contribution >= 0.6 is 0 Å². The molecule has 1 atom stereocenters. The molecule has 0 saturated heterocycles. The van der Waals surface area contributed by atoms with E-state index in [9.17, 15) is 9.90 Å². The molecule has 1 aromatic rings. The fourth-order valence-corrected chi connectivity index (χ4v) is 1.66. The third-order valence-corrected chi connectivity index (χ3v) is 2.77. The molecule has 1 unspecified atom stereocenters. The molecule has 2 N–H and O–H groups in total. The molecule has 0 fully saturated rings. The second-order valence-electron chi connectivity index (χ2n) is 4.38. The van der Waals surface area contributed by atoms with Crippen molar-refractivity contribution in [1.82, 2.24) is 0 Å². The van der Waals surface area contributed by atoms with Gasteiger partial charge < -0.3 is 10.2 Å². The number of benzene rings is 1. The number of aliphatic hydroxyl groups excluding tert-OH is 2. The van der Waals surface area contributed by atoms with Crippen LogP contribution in [0, 0.1) is 11.8 Å². The van der Waals surface area contributed by atoms with Crippen LogP contribution in [0.15, 0.2) is 24.3 Å². The molecule has 0 aromatic heterocycles. The van der Waals surface area contributed by atoms with E-state index in [0.717, 1.165) is 18.4 Å². The number of unbranched alkanes of at least 4 members (excludes halogenated alkanes) is 1. The Hall–Kier alpha value is -1.63. The van der Waals surface area contributed by atoms with E-state index in [4.69, 9.17) is 5.11 Å². The summed E-state index contributed by atoms with van der Waals surface area (Å²) in [7, 11) is 0. The van der Waals surface area contributed by atoms with Crippen LogP contribution in [-0.4, -0.2) is 28.7 Å². The Labute approximate surface area is 114 Å². The van der Waals surface area contributed by atoms with Crippen molar-refractivity contribution >= 4 is 5.78 Å². The highest BCUT2D eigenvalue weighted by atomic mass is 16.3. The van der Waals surface area contributed by atoms with Gasteiger partial charge in [0.25, 0.3) is 0 Å². The molecule has 0 radical (unpaired) electrons. The maximum Gasteiger partial charge on any atom is 0.191 e. The van der Waals surface area contributed by atoms with Crippen molar-refractivity contribution in [3.8, 4) is 11.8 Å². The lowest BCUT2D eigenvalue weighted by molar-refractivity contribution is 0.0726. The van der Waals surface area contributed by atoms with Crippen LogP contribution in [0.2, 0.25) is 0 Å². The van der Waals surface area contributed by atoms with Gasteiger partial charge in [-0.05, 0) is 18.6 Å². The van der Waals surface area contributed by atoms with Gasteiger partial charge in [-0.3, -0.25) is 4.79 Å². The van der Waals surface area contributed by atoms with Crippen molar-refractivity contribution in [1.29, 1.82) is 0 Å². The first kappa shape index (κ1) is 15.4. The van der Waals surface area contributed by atoms with Gasteiger partial charge in [0, 0.05) is 17.5 Å². The smallest absolute Gasteiger partial charge is 0.191 e. The van der Waals surface area contributed by atoms with E-state index in [-0.39, 0.29) is 12.4 Å². The minimum atomic E-state index is -0.911. The molecule has 3 nitrogen and oxygen atoms in total. The first-order valence-corrected chi connectivity index (χ1v) is 6.61. The summed E-state index contributed by atoms with van der Waals surface area (Å²) in [5.41, 5.74) is 1.31. The molecular formula is C16H20O3. The van der Waals surface area contributed by atoms with Crippen LogP contribution in [0.4, 0.5) is 0 Å². The molecule has 0 aliphatic heterocycles. The topological polar surface area (TPSA) is 57.5 Å². The lowest BCUT2D eigenvalue weighted by Gasteiger charge is -2.08. The van der Waals surface area contributed by atoms with Crippen LogP contribution < -0.4 is 0 Å². The highest BCUT2D eigenvalue weighted by Gasteiger charge is 2.15. The molecule has 0 aliphatic rings. The molecule has 0 saturated carbocycles. The zero-order valence-corrected chi connectivity index (χ0v) is 11.2. The Kier molecular flexibility index (Phi) is 6.88. The zero-order valence-electron chi connectivity index (χ0n) is 11.2. The molecule has 0 aliphatic carbocycles. The SMILES string of the molecule is CCCCC(O)C(=O)c1ccc(C#CCCO)cc1. The van der Waals surface area contributed by atoms with Crippen LogP contribution in [0.5, 0.6) is 0 Å². The summed E-state index contributed by atoms with van der Waals surface area (Å²) in [4.78, 5) is 11.9. The number of hydrogen-bond donors (Lipinski definition) is 2. The number of Topliss-reactive ketones (excluding diaryl/α,β-unsaturated/α-hetero) is 1. The summed E-state index contributed by atoms with van der Waals surface area (Å²) >= 11 is 0. The van der Waals surface area contributed by atoms with Crippen molar-refractivity contribution in [2.75, 3.05) is 6.61 Å². The summed E-state index contributed by atoms with van der Waals surface area (Å²) < 4.78 is 0. The van der Waals surface area contributed by atoms with E-state index >= 15 is 0 Å². The third-order valence-electron chi connectivity index (χ3n) is 2.77. The Morgan fingerprint density at radius 3 is 2.58 bits per heavy atom. The largest absolute Gasteiger partial charge is 0.395 e. The summed E-state index contributed by atoms with van der Waals surface area (Å²) in [6.45, 7) is 2.07. The second-order valence-corrected chi connectivity index (χ2v) is 4.38. The fourth-order valence-electron chi connectivity index (χ4n) is 1.66. The lowest BCUT2D eigenvalue weighted by atomic mass is 10.0. The quantitative estimate of drug-likeness (QED) is 0.608. The number of carbonyl (C=O) groups is 1. The molecule has 102 valence electrons. The van der Waals surface area contributed by atoms with Gasteiger partial charge in [-0.1, -0.05) is 43.7 Å². The molecule has 0 heterocycles. The molecule has 0 bridgehead atoms. The van der Waals surface area contributed by atoms with Crippen molar-refractivity contribution in [2.45, 2.75) is 38.7 Å².